The number of carbonyl (C=O) groups is 1. The molecule has 0 spiro atoms. The summed E-state index contributed by atoms with van der Waals surface area (Å²) in [7, 11) is 0. The molecule has 23 heavy (non-hydrogen) atoms. The monoisotopic (exact) mass is 314 g/mol. The number of fused-ring (bicyclic) bond motifs is 1. The maximum Gasteiger partial charge on any atom is 0.319 e. The van der Waals surface area contributed by atoms with Gasteiger partial charge in [0.1, 0.15) is 5.75 Å². The number of rotatable bonds is 4. The Morgan fingerprint density at radius 1 is 1.35 bits per heavy atom. The second-order valence-electron chi connectivity index (χ2n) is 6.15. The van der Waals surface area contributed by atoms with Crippen LogP contribution in [0.1, 0.15) is 38.3 Å². The number of nitrogens with one attached hydrogen (secondary N) is 2. The van der Waals surface area contributed by atoms with Crippen LogP contribution in [0.2, 0.25) is 0 Å². The number of benzene rings is 1. The lowest BCUT2D eigenvalue weighted by atomic mass is 9.94. The van der Waals surface area contributed by atoms with Gasteiger partial charge in [0, 0.05) is 29.8 Å². The van der Waals surface area contributed by atoms with Crippen molar-refractivity contribution in [2.75, 3.05) is 11.9 Å². The van der Waals surface area contributed by atoms with Gasteiger partial charge in [-0.25, -0.2) is 4.79 Å². The van der Waals surface area contributed by atoms with E-state index >= 15 is 0 Å². The molecule has 1 aromatic carbocycles. The van der Waals surface area contributed by atoms with Gasteiger partial charge in [-0.15, -0.1) is 0 Å². The molecule has 0 saturated carbocycles. The fourth-order valence-corrected chi connectivity index (χ4v) is 2.76. The first-order valence-corrected chi connectivity index (χ1v) is 7.88. The summed E-state index contributed by atoms with van der Waals surface area (Å²) in [5.41, 5.74) is 1.83. The van der Waals surface area contributed by atoms with Gasteiger partial charge in [-0.3, -0.25) is 4.68 Å². The normalized spacial score (nSPS) is 17.5. The van der Waals surface area contributed by atoms with Gasteiger partial charge >= 0.3 is 6.03 Å². The minimum Gasteiger partial charge on any atom is -0.493 e. The Morgan fingerprint density at radius 3 is 2.87 bits per heavy atom. The van der Waals surface area contributed by atoms with E-state index in [4.69, 9.17) is 4.74 Å². The standard InChI is InChI=1S/C17H22N4O2/c1-11(2)21-9-13(8-18-21)20-17(22)19-12(3)15-10-23-16-7-5-4-6-14(15)16/h4-9,11-12,15H,10H2,1-3H3,(H2,19,20,22)/t12-,15-/m0/s1. The molecule has 2 N–H and O–H groups in total. The van der Waals surface area contributed by atoms with E-state index in [9.17, 15) is 4.79 Å². The van der Waals surface area contributed by atoms with Gasteiger partial charge in [0.05, 0.1) is 18.5 Å². The van der Waals surface area contributed by atoms with E-state index in [1.807, 2.05) is 45.2 Å². The molecule has 122 valence electrons. The summed E-state index contributed by atoms with van der Waals surface area (Å²) >= 11 is 0. The summed E-state index contributed by atoms with van der Waals surface area (Å²) in [6.45, 7) is 6.66. The van der Waals surface area contributed by atoms with Crippen molar-refractivity contribution < 1.29 is 9.53 Å². The second-order valence-corrected chi connectivity index (χ2v) is 6.15. The molecule has 0 fully saturated rings. The van der Waals surface area contributed by atoms with Crippen molar-refractivity contribution in [3.8, 4) is 5.75 Å². The number of carbonyl (C=O) groups excluding carboxylic acids is 1. The molecular formula is C17H22N4O2. The topological polar surface area (TPSA) is 68.2 Å². The molecule has 2 aromatic rings. The number of urea groups is 1. The zero-order valence-corrected chi connectivity index (χ0v) is 13.6. The highest BCUT2D eigenvalue weighted by Gasteiger charge is 2.29. The van der Waals surface area contributed by atoms with Crippen LogP contribution in [0.3, 0.4) is 0 Å². The predicted octanol–water partition coefficient (Wildman–Crippen LogP) is 3.15. The van der Waals surface area contributed by atoms with Gasteiger partial charge in [-0.05, 0) is 26.8 Å². The molecule has 2 atom stereocenters. The molecule has 1 aromatic heterocycles. The molecule has 6 heteroatoms. The highest BCUT2D eigenvalue weighted by atomic mass is 16.5. The molecule has 0 radical (unpaired) electrons. The maximum atomic E-state index is 12.2. The molecule has 0 aliphatic carbocycles. The lowest BCUT2D eigenvalue weighted by Crippen LogP contribution is -2.40. The average Bonchev–Trinajstić information content (AvgIpc) is 3.13. The van der Waals surface area contributed by atoms with Crippen LogP contribution in [-0.4, -0.2) is 28.5 Å². The summed E-state index contributed by atoms with van der Waals surface area (Å²) in [6, 6.07) is 7.97. The number of aromatic nitrogens is 2. The second kappa shape index (κ2) is 6.32. The molecule has 2 amide bonds. The Labute approximate surface area is 135 Å². The van der Waals surface area contributed by atoms with Gasteiger partial charge in [-0.2, -0.15) is 5.10 Å². The lowest BCUT2D eigenvalue weighted by Gasteiger charge is -2.20. The number of ether oxygens (including phenoxy) is 1. The first-order chi connectivity index (χ1) is 11.0. The Hall–Kier alpha value is -2.50. The number of para-hydroxylation sites is 1. The van der Waals surface area contributed by atoms with E-state index in [1.54, 1.807) is 10.9 Å². The Morgan fingerprint density at radius 2 is 2.13 bits per heavy atom. The van der Waals surface area contributed by atoms with Crippen molar-refractivity contribution in [2.24, 2.45) is 0 Å². The number of hydrogen-bond acceptors (Lipinski definition) is 3. The molecule has 3 rings (SSSR count). The summed E-state index contributed by atoms with van der Waals surface area (Å²) in [6.07, 6.45) is 3.47. The highest BCUT2D eigenvalue weighted by molar-refractivity contribution is 5.89. The first-order valence-electron chi connectivity index (χ1n) is 7.88. The molecule has 6 nitrogen and oxygen atoms in total. The molecule has 0 bridgehead atoms. The van der Waals surface area contributed by atoms with Crippen LogP contribution in [0, 0.1) is 0 Å². The van der Waals surface area contributed by atoms with E-state index in [-0.39, 0.29) is 24.0 Å². The SMILES string of the molecule is CC(C)n1cc(NC(=O)N[C@@H](C)[C@@H]2COc3ccccc32)cn1. The molecule has 0 saturated heterocycles. The van der Waals surface area contributed by atoms with Crippen LogP contribution in [0.15, 0.2) is 36.7 Å². The van der Waals surface area contributed by atoms with E-state index in [0.717, 1.165) is 11.3 Å². The van der Waals surface area contributed by atoms with Crippen LogP contribution in [0.4, 0.5) is 10.5 Å². The van der Waals surface area contributed by atoms with Crippen molar-refractivity contribution >= 4 is 11.7 Å². The van der Waals surface area contributed by atoms with Crippen molar-refractivity contribution in [3.05, 3.63) is 42.2 Å². The van der Waals surface area contributed by atoms with Gasteiger partial charge in [0.25, 0.3) is 0 Å². The molecule has 1 aliphatic rings. The van der Waals surface area contributed by atoms with Crippen molar-refractivity contribution in [1.29, 1.82) is 0 Å². The third kappa shape index (κ3) is 3.31. The van der Waals surface area contributed by atoms with Crippen molar-refractivity contribution in [2.45, 2.75) is 38.8 Å². The Bertz CT molecular complexity index is 695. The molecule has 1 aliphatic heterocycles. The smallest absolute Gasteiger partial charge is 0.319 e. The largest absolute Gasteiger partial charge is 0.493 e. The molecule has 2 heterocycles. The van der Waals surface area contributed by atoms with E-state index in [1.165, 1.54) is 0 Å². The zero-order chi connectivity index (χ0) is 16.4. The summed E-state index contributed by atoms with van der Waals surface area (Å²) < 4.78 is 7.48. The van der Waals surface area contributed by atoms with Gasteiger partial charge in [-0.1, -0.05) is 18.2 Å². The molecule has 0 unspecified atom stereocenters. The van der Waals surface area contributed by atoms with Crippen LogP contribution in [0.25, 0.3) is 0 Å². The fourth-order valence-electron chi connectivity index (χ4n) is 2.76. The minimum atomic E-state index is -0.231. The van der Waals surface area contributed by atoms with Gasteiger partial charge < -0.3 is 15.4 Å². The zero-order valence-electron chi connectivity index (χ0n) is 13.6. The van der Waals surface area contributed by atoms with Gasteiger partial charge in [0.15, 0.2) is 0 Å². The fraction of sp³-hybridized carbons (Fsp3) is 0.412. The number of anilines is 1. The summed E-state index contributed by atoms with van der Waals surface area (Å²) in [5, 5.41) is 10.0. The Kier molecular flexibility index (Phi) is 4.23. The first kappa shape index (κ1) is 15.4. The summed E-state index contributed by atoms with van der Waals surface area (Å²) in [4.78, 5) is 12.2. The third-order valence-corrected chi connectivity index (χ3v) is 4.09. The van der Waals surface area contributed by atoms with E-state index in [2.05, 4.69) is 21.8 Å². The van der Waals surface area contributed by atoms with Gasteiger partial charge in [0.2, 0.25) is 0 Å². The van der Waals surface area contributed by atoms with E-state index in [0.29, 0.717) is 12.3 Å². The quantitative estimate of drug-likeness (QED) is 0.911. The number of hydrogen-bond donors (Lipinski definition) is 2. The maximum absolute atomic E-state index is 12.2. The van der Waals surface area contributed by atoms with Crippen LogP contribution in [-0.2, 0) is 0 Å². The number of amides is 2. The van der Waals surface area contributed by atoms with E-state index < -0.39 is 0 Å². The Balaban J connectivity index is 1.59. The highest BCUT2D eigenvalue weighted by Crippen LogP contribution is 2.35. The third-order valence-electron chi connectivity index (χ3n) is 4.09. The van der Waals surface area contributed by atoms with Crippen LogP contribution >= 0.6 is 0 Å². The lowest BCUT2D eigenvalue weighted by molar-refractivity contribution is 0.244. The van der Waals surface area contributed by atoms with Crippen molar-refractivity contribution in [3.63, 3.8) is 0 Å². The number of nitrogens with zero attached hydrogens (tertiary/aromatic N) is 2. The minimum absolute atomic E-state index is 0.0289. The predicted molar refractivity (Wildman–Crippen MR) is 88.9 cm³/mol. The molecular weight excluding hydrogens is 292 g/mol. The van der Waals surface area contributed by atoms with Crippen LogP contribution < -0.4 is 15.4 Å². The summed E-state index contributed by atoms with van der Waals surface area (Å²) in [5.74, 6) is 1.07. The van der Waals surface area contributed by atoms with Crippen molar-refractivity contribution in [1.82, 2.24) is 15.1 Å². The van der Waals surface area contributed by atoms with Crippen LogP contribution in [0.5, 0.6) is 5.75 Å². The average molecular weight is 314 g/mol.